The Morgan fingerprint density at radius 1 is 1.20 bits per heavy atom. The Balaban J connectivity index is 1.49. The number of amides is 1. The second-order valence-electron chi connectivity index (χ2n) is 6.42. The topological polar surface area (TPSA) is 68.0 Å². The number of carbonyl (C=O) groups excluding carboxylic acids is 1. The number of rotatable bonds is 5. The molecule has 5 heteroatoms. The van der Waals surface area contributed by atoms with Crippen molar-refractivity contribution in [3.63, 3.8) is 0 Å². The van der Waals surface area contributed by atoms with Gasteiger partial charge in [-0.3, -0.25) is 9.78 Å². The minimum atomic E-state index is -0.265. The van der Waals surface area contributed by atoms with Crippen molar-refractivity contribution in [1.29, 1.82) is 0 Å². The lowest BCUT2D eigenvalue weighted by molar-refractivity contribution is 0.0934. The first kappa shape index (κ1) is 15.6. The van der Waals surface area contributed by atoms with Crippen LogP contribution in [0.25, 0.3) is 11.3 Å². The van der Waals surface area contributed by atoms with Crippen molar-refractivity contribution >= 4 is 5.91 Å². The summed E-state index contributed by atoms with van der Waals surface area (Å²) in [7, 11) is 0. The van der Waals surface area contributed by atoms with Gasteiger partial charge >= 0.3 is 0 Å². The molecule has 2 heterocycles. The van der Waals surface area contributed by atoms with E-state index in [0.29, 0.717) is 17.2 Å². The average Bonchev–Trinajstić information content (AvgIpc) is 3.39. The molecular weight excluding hydrogens is 314 g/mol. The molecule has 1 atom stereocenters. The van der Waals surface area contributed by atoms with E-state index in [1.54, 1.807) is 12.1 Å². The Morgan fingerprint density at radius 3 is 2.76 bits per heavy atom. The third kappa shape index (κ3) is 3.45. The average molecular weight is 333 g/mol. The molecule has 5 nitrogen and oxygen atoms in total. The maximum absolute atomic E-state index is 12.3. The maximum atomic E-state index is 12.3. The highest BCUT2D eigenvalue weighted by atomic mass is 16.5. The molecule has 1 N–H and O–H groups in total. The molecule has 0 unspecified atom stereocenters. The summed E-state index contributed by atoms with van der Waals surface area (Å²) in [6, 6.07) is 14.7. The minimum absolute atomic E-state index is 0.133. The molecule has 1 aliphatic carbocycles. The van der Waals surface area contributed by atoms with Crippen LogP contribution in [0.15, 0.2) is 59.3 Å². The van der Waals surface area contributed by atoms with Gasteiger partial charge in [0.15, 0.2) is 5.76 Å². The van der Waals surface area contributed by atoms with Gasteiger partial charge in [-0.1, -0.05) is 23.4 Å². The van der Waals surface area contributed by atoms with Crippen molar-refractivity contribution in [3.05, 3.63) is 71.7 Å². The molecule has 2 aromatic heterocycles. The zero-order chi connectivity index (χ0) is 17.2. The highest BCUT2D eigenvalue weighted by Gasteiger charge is 2.25. The molecule has 1 aromatic carbocycles. The monoisotopic (exact) mass is 333 g/mol. The number of nitrogens with zero attached hydrogens (tertiary/aromatic N) is 2. The lowest BCUT2D eigenvalue weighted by atomic mass is 10.1. The largest absolute Gasteiger partial charge is 0.359 e. The van der Waals surface area contributed by atoms with Crippen molar-refractivity contribution < 1.29 is 9.32 Å². The van der Waals surface area contributed by atoms with Crippen LogP contribution < -0.4 is 5.32 Å². The van der Waals surface area contributed by atoms with Crippen molar-refractivity contribution in [2.24, 2.45) is 0 Å². The van der Waals surface area contributed by atoms with Gasteiger partial charge in [0.2, 0.25) is 0 Å². The normalized spacial score (nSPS) is 14.9. The molecule has 0 bridgehead atoms. The highest BCUT2D eigenvalue weighted by molar-refractivity contribution is 5.94. The van der Waals surface area contributed by atoms with Crippen LogP contribution in [0.3, 0.4) is 0 Å². The van der Waals surface area contributed by atoms with Gasteiger partial charge in [0.05, 0.1) is 6.04 Å². The minimum Gasteiger partial charge on any atom is -0.359 e. The van der Waals surface area contributed by atoms with E-state index in [1.807, 2.05) is 43.5 Å². The molecule has 1 fully saturated rings. The Morgan fingerprint density at radius 2 is 2.00 bits per heavy atom. The predicted octanol–water partition coefficient (Wildman–Crippen LogP) is 4.11. The first-order chi connectivity index (χ1) is 12.2. The molecule has 126 valence electrons. The van der Waals surface area contributed by atoms with E-state index >= 15 is 0 Å². The van der Waals surface area contributed by atoms with Crippen molar-refractivity contribution in [2.75, 3.05) is 0 Å². The third-order valence-corrected chi connectivity index (χ3v) is 4.41. The molecule has 0 spiro atoms. The SMILES string of the molecule is C[C@@H](NC(=O)c1ccccc1)c1cc(-c2ccnc(C3CC3)c2)no1. The summed E-state index contributed by atoms with van der Waals surface area (Å²) in [5.41, 5.74) is 3.50. The fourth-order valence-corrected chi connectivity index (χ4v) is 2.78. The molecule has 4 rings (SSSR count). The van der Waals surface area contributed by atoms with Crippen LogP contribution in [0, 0.1) is 0 Å². The zero-order valence-corrected chi connectivity index (χ0v) is 14.0. The molecule has 0 saturated heterocycles. The summed E-state index contributed by atoms with van der Waals surface area (Å²) in [5, 5.41) is 7.09. The van der Waals surface area contributed by atoms with Gasteiger partial charge in [0.25, 0.3) is 5.91 Å². The summed E-state index contributed by atoms with van der Waals surface area (Å²) >= 11 is 0. The smallest absolute Gasteiger partial charge is 0.251 e. The van der Waals surface area contributed by atoms with E-state index in [-0.39, 0.29) is 11.9 Å². The van der Waals surface area contributed by atoms with Crippen LogP contribution in [-0.2, 0) is 0 Å². The molecule has 0 radical (unpaired) electrons. The van der Waals surface area contributed by atoms with Crippen molar-refractivity contribution in [1.82, 2.24) is 15.5 Å². The van der Waals surface area contributed by atoms with Gasteiger partial charge in [-0.05, 0) is 44.0 Å². The van der Waals surface area contributed by atoms with Crippen molar-refractivity contribution in [3.8, 4) is 11.3 Å². The molecule has 25 heavy (non-hydrogen) atoms. The summed E-state index contributed by atoms with van der Waals surface area (Å²) in [6.07, 6.45) is 4.24. The number of aromatic nitrogens is 2. The second kappa shape index (κ2) is 6.51. The Bertz CT molecular complexity index is 885. The van der Waals surface area contributed by atoms with Crippen molar-refractivity contribution in [2.45, 2.75) is 31.7 Å². The van der Waals surface area contributed by atoms with Crippen LogP contribution in [-0.4, -0.2) is 16.0 Å². The third-order valence-electron chi connectivity index (χ3n) is 4.41. The summed E-state index contributed by atoms with van der Waals surface area (Å²) in [5.74, 6) is 1.09. The van der Waals surface area contributed by atoms with Gasteiger partial charge in [-0.2, -0.15) is 0 Å². The summed E-state index contributed by atoms with van der Waals surface area (Å²) < 4.78 is 5.45. The number of nitrogens with one attached hydrogen (secondary N) is 1. The van der Waals surface area contributed by atoms with Gasteiger partial charge < -0.3 is 9.84 Å². The van der Waals surface area contributed by atoms with E-state index in [1.165, 1.54) is 12.8 Å². The van der Waals surface area contributed by atoms with Crippen LogP contribution in [0.1, 0.15) is 53.5 Å². The standard InChI is InChI=1S/C20H19N3O2/c1-13(22-20(24)15-5-3-2-4-6-15)19-12-18(23-25-19)16-9-10-21-17(11-16)14-7-8-14/h2-6,9-14H,7-8H2,1H3,(H,22,24)/t13-/m1/s1. The van der Waals surface area contributed by atoms with Gasteiger partial charge in [0.1, 0.15) is 5.69 Å². The van der Waals surface area contributed by atoms with E-state index in [2.05, 4.69) is 21.5 Å². The highest BCUT2D eigenvalue weighted by Crippen LogP contribution is 2.39. The number of carbonyl (C=O) groups is 1. The maximum Gasteiger partial charge on any atom is 0.251 e. The van der Waals surface area contributed by atoms with Crippen LogP contribution in [0.4, 0.5) is 0 Å². The number of benzene rings is 1. The van der Waals surface area contributed by atoms with Gasteiger partial charge in [-0.15, -0.1) is 0 Å². The zero-order valence-electron chi connectivity index (χ0n) is 14.0. The van der Waals surface area contributed by atoms with E-state index < -0.39 is 0 Å². The van der Waals surface area contributed by atoms with Gasteiger partial charge in [-0.25, -0.2) is 0 Å². The fraction of sp³-hybridized carbons (Fsp3) is 0.250. The van der Waals surface area contributed by atoms with Crippen LogP contribution in [0.5, 0.6) is 0 Å². The molecular formula is C20H19N3O2. The molecule has 0 aliphatic heterocycles. The first-order valence-corrected chi connectivity index (χ1v) is 8.49. The summed E-state index contributed by atoms with van der Waals surface area (Å²) in [6.45, 7) is 1.88. The first-order valence-electron chi connectivity index (χ1n) is 8.49. The number of pyridine rings is 1. The number of hydrogen-bond acceptors (Lipinski definition) is 4. The fourth-order valence-electron chi connectivity index (χ4n) is 2.78. The molecule has 3 aromatic rings. The van der Waals surface area contributed by atoms with Crippen LogP contribution >= 0.6 is 0 Å². The Labute approximate surface area is 146 Å². The van der Waals surface area contributed by atoms with Crippen LogP contribution in [0.2, 0.25) is 0 Å². The Kier molecular flexibility index (Phi) is 4.06. The Hall–Kier alpha value is -2.95. The lowest BCUT2D eigenvalue weighted by Gasteiger charge is -2.10. The van der Waals surface area contributed by atoms with E-state index in [9.17, 15) is 4.79 Å². The predicted molar refractivity (Wildman–Crippen MR) is 94.0 cm³/mol. The molecule has 1 aliphatic rings. The summed E-state index contributed by atoms with van der Waals surface area (Å²) in [4.78, 5) is 16.7. The van der Waals surface area contributed by atoms with Gasteiger partial charge in [0, 0.05) is 35.0 Å². The lowest BCUT2D eigenvalue weighted by Crippen LogP contribution is -2.26. The number of hydrogen-bond donors (Lipinski definition) is 1. The quantitative estimate of drug-likeness (QED) is 0.763. The van der Waals surface area contributed by atoms with E-state index in [0.717, 1.165) is 17.0 Å². The van der Waals surface area contributed by atoms with E-state index in [4.69, 9.17) is 4.52 Å². The second-order valence-corrected chi connectivity index (χ2v) is 6.42. The molecule has 1 saturated carbocycles. The molecule has 1 amide bonds.